The fraction of sp³-hybridized carbons (Fsp3) is 0.150. The highest BCUT2D eigenvalue weighted by molar-refractivity contribution is 6.34. The van der Waals surface area contributed by atoms with E-state index >= 15 is 0 Å². The Balaban J connectivity index is 1.63. The largest absolute Gasteiger partial charge is 0.478 e. The summed E-state index contributed by atoms with van der Waals surface area (Å²) in [4.78, 5) is 16.0. The second kappa shape index (κ2) is 7.58. The number of aromatic carboxylic acids is 1. The molecule has 2 heterocycles. The Labute approximate surface area is 183 Å². The van der Waals surface area contributed by atoms with E-state index in [1.54, 1.807) is 24.3 Å². The second-order valence-electron chi connectivity index (χ2n) is 6.81. The zero-order chi connectivity index (χ0) is 22.4. The number of hydrogen-bond donors (Lipinski definition) is 1. The van der Waals surface area contributed by atoms with Crippen molar-refractivity contribution in [2.45, 2.75) is 18.2 Å². The van der Waals surface area contributed by atoms with Crippen molar-refractivity contribution in [3.05, 3.63) is 81.6 Å². The van der Waals surface area contributed by atoms with Gasteiger partial charge in [-0.25, -0.2) is 9.48 Å². The number of halogens is 5. The van der Waals surface area contributed by atoms with E-state index in [2.05, 4.69) is 10.3 Å². The zero-order valence-corrected chi connectivity index (χ0v) is 16.9. The van der Waals surface area contributed by atoms with Crippen LogP contribution in [-0.4, -0.2) is 32.7 Å². The minimum absolute atomic E-state index is 0.00721. The van der Waals surface area contributed by atoms with Crippen molar-refractivity contribution >= 4 is 34.9 Å². The van der Waals surface area contributed by atoms with Gasteiger partial charge in [-0.05, 0) is 35.9 Å². The van der Waals surface area contributed by atoms with Crippen LogP contribution >= 0.6 is 23.2 Å². The van der Waals surface area contributed by atoms with Crippen LogP contribution in [0.5, 0.6) is 0 Å². The molecule has 0 saturated carbocycles. The molecule has 1 aromatic heterocycles. The van der Waals surface area contributed by atoms with Crippen molar-refractivity contribution in [1.82, 2.24) is 9.78 Å². The lowest BCUT2D eigenvalue weighted by Gasteiger charge is -2.29. The van der Waals surface area contributed by atoms with Crippen molar-refractivity contribution in [3.63, 3.8) is 0 Å². The van der Waals surface area contributed by atoms with E-state index in [0.717, 1.165) is 12.1 Å². The molecule has 3 aromatic rings. The molecule has 0 bridgehead atoms. The highest BCUT2D eigenvalue weighted by atomic mass is 35.5. The van der Waals surface area contributed by atoms with Gasteiger partial charge in [-0.15, -0.1) is 0 Å². The first-order valence-electron chi connectivity index (χ1n) is 8.76. The van der Waals surface area contributed by atoms with E-state index in [9.17, 15) is 18.0 Å². The van der Waals surface area contributed by atoms with Gasteiger partial charge in [0.15, 0.2) is 0 Å². The molecule has 1 unspecified atom stereocenters. The number of alkyl halides is 3. The van der Waals surface area contributed by atoms with Gasteiger partial charge in [0.05, 0.1) is 23.2 Å². The Hall–Kier alpha value is -3.04. The standard InChI is InChI=1S/C20H12Cl2F3N3O3/c21-14-5-13(6-15(22)7-14)19(20(23,24)25)8-17(27-31-19)11-1-3-16(4-2-11)28-10-12(9-26-28)18(29)30/h1-7,9-10H,8H2,(H,29,30). The number of oxime groups is 1. The molecular formula is C20H12Cl2F3N3O3. The molecule has 2 aromatic carbocycles. The van der Waals surface area contributed by atoms with Gasteiger partial charge in [0.2, 0.25) is 0 Å². The molecule has 1 atom stereocenters. The minimum atomic E-state index is -4.78. The number of aromatic nitrogens is 2. The topological polar surface area (TPSA) is 76.7 Å². The summed E-state index contributed by atoms with van der Waals surface area (Å²) in [5.41, 5.74) is -1.92. The molecule has 31 heavy (non-hydrogen) atoms. The Kier molecular flexibility index (Phi) is 5.18. The van der Waals surface area contributed by atoms with E-state index in [0.29, 0.717) is 11.3 Å². The normalized spacial score (nSPS) is 18.5. The smallest absolute Gasteiger partial charge is 0.435 e. The van der Waals surface area contributed by atoms with Crippen molar-refractivity contribution < 1.29 is 27.9 Å². The first kappa shape index (κ1) is 21.2. The predicted molar refractivity (Wildman–Crippen MR) is 107 cm³/mol. The van der Waals surface area contributed by atoms with Crippen LogP contribution in [0.25, 0.3) is 5.69 Å². The third-order valence-corrected chi connectivity index (χ3v) is 5.25. The van der Waals surface area contributed by atoms with Crippen LogP contribution in [0.1, 0.15) is 27.9 Å². The van der Waals surface area contributed by atoms with Gasteiger partial charge in [0.25, 0.3) is 5.60 Å². The molecule has 0 spiro atoms. The number of benzene rings is 2. The van der Waals surface area contributed by atoms with Gasteiger partial charge < -0.3 is 9.94 Å². The Morgan fingerprint density at radius 3 is 2.32 bits per heavy atom. The molecule has 11 heteroatoms. The highest BCUT2D eigenvalue weighted by Crippen LogP contribution is 2.49. The lowest BCUT2D eigenvalue weighted by atomic mass is 9.86. The van der Waals surface area contributed by atoms with Crippen LogP contribution in [0.2, 0.25) is 10.0 Å². The Morgan fingerprint density at radius 1 is 1.13 bits per heavy atom. The summed E-state index contributed by atoms with van der Waals surface area (Å²) in [5, 5.41) is 16.7. The summed E-state index contributed by atoms with van der Waals surface area (Å²) in [5.74, 6) is -1.12. The predicted octanol–water partition coefficient (Wildman–Crippen LogP) is 5.46. The molecule has 1 aliphatic heterocycles. The molecule has 6 nitrogen and oxygen atoms in total. The summed E-state index contributed by atoms with van der Waals surface area (Å²) < 4.78 is 43.5. The first-order valence-corrected chi connectivity index (χ1v) is 9.52. The molecule has 0 aliphatic carbocycles. The van der Waals surface area contributed by atoms with E-state index in [1.807, 2.05) is 0 Å². The Bertz CT molecular complexity index is 1170. The molecule has 160 valence electrons. The first-order chi connectivity index (χ1) is 14.6. The fourth-order valence-corrected chi connectivity index (χ4v) is 3.75. The molecule has 0 amide bonds. The van der Waals surface area contributed by atoms with E-state index < -0.39 is 24.2 Å². The average molecular weight is 470 g/mol. The SMILES string of the molecule is O=C(O)c1cnn(-c2ccc(C3=NOC(c4cc(Cl)cc(Cl)c4)(C(F)(F)F)C3)cc2)c1. The van der Waals surface area contributed by atoms with Crippen molar-refractivity contribution in [2.24, 2.45) is 5.16 Å². The van der Waals surface area contributed by atoms with Gasteiger partial charge in [-0.2, -0.15) is 18.3 Å². The Morgan fingerprint density at radius 2 is 1.77 bits per heavy atom. The number of carboxylic acid groups (broad SMARTS) is 1. The summed E-state index contributed by atoms with van der Waals surface area (Å²) in [7, 11) is 0. The summed E-state index contributed by atoms with van der Waals surface area (Å²) in [6.07, 6.45) is -2.84. The number of rotatable bonds is 4. The monoisotopic (exact) mass is 469 g/mol. The third kappa shape index (κ3) is 3.86. The highest BCUT2D eigenvalue weighted by Gasteiger charge is 2.62. The van der Waals surface area contributed by atoms with Crippen molar-refractivity contribution in [2.75, 3.05) is 0 Å². The maximum absolute atomic E-state index is 14.1. The van der Waals surface area contributed by atoms with Gasteiger partial charge in [0.1, 0.15) is 0 Å². The zero-order valence-electron chi connectivity index (χ0n) is 15.4. The molecule has 4 rings (SSSR count). The average Bonchev–Trinajstić information content (AvgIpc) is 3.36. The number of nitrogens with zero attached hydrogens (tertiary/aromatic N) is 3. The van der Waals surface area contributed by atoms with Gasteiger partial charge in [-0.1, -0.05) is 40.5 Å². The van der Waals surface area contributed by atoms with Crippen molar-refractivity contribution in [1.29, 1.82) is 0 Å². The van der Waals surface area contributed by atoms with Crippen molar-refractivity contribution in [3.8, 4) is 5.69 Å². The van der Waals surface area contributed by atoms with Crippen LogP contribution < -0.4 is 0 Å². The molecule has 0 radical (unpaired) electrons. The van der Waals surface area contributed by atoms with Gasteiger partial charge in [0, 0.05) is 28.2 Å². The number of carboxylic acids is 1. The lowest BCUT2D eigenvalue weighted by Crippen LogP contribution is -2.42. The number of carbonyl (C=O) groups is 1. The van der Waals surface area contributed by atoms with E-state index in [4.69, 9.17) is 33.1 Å². The summed E-state index contributed by atoms with van der Waals surface area (Å²) >= 11 is 11.8. The number of hydrogen-bond acceptors (Lipinski definition) is 4. The van der Waals surface area contributed by atoms with Gasteiger partial charge in [-0.3, -0.25) is 0 Å². The third-order valence-electron chi connectivity index (χ3n) is 4.81. The van der Waals surface area contributed by atoms with Crippen LogP contribution in [0.3, 0.4) is 0 Å². The lowest BCUT2D eigenvalue weighted by molar-refractivity contribution is -0.275. The molecule has 0 saturated heterocycles. The minimum Gasteiger partial charge on any atom is -0.478 e. The summed E-state index contributed by atoms with van der Waals surface area (Å²) in [6.45, 7) is 0. The quantitative estimate of drug-likeness (QED) is 0.550. The van der Waals surface area contributed by atoms with Gasteiger partial charge >= 0.3 is 12.1 Å². The summed E-state index contributed by atoms with van der Waals surface area (Å²) in [6, 6.07) is 9.91. The van der Waals surface area contributed by atoms with Crippen LogP contribution in [-0.2, 0) is 10.4 Å². The van der Waals surface area contributed by atoms with E-state index in [-0.39, 0.29) is 26.9 Å². The second-order valence-corrected chi connectivity index (χ2v) is 7.69. The molecule has 0 fully saturated rings. The van der Waals surface area contributed by atoms with Crippen LogP contribution in [0.15, 0.2) is 60.0 Å². The maximum atomic E-state index is 14.1. The van der Waals surface area contributed by atoms with Crippen LogP contribution in [0, 0.1) is 0 Å². The van der Waals surface area contributed by atoms with E-state index in [1.165, 1.54) is 23.1 Å². The molecule has 1 N–H and O–H groups in total. The maximum Gasteiger partial charge on any atom is 0.435 e. The molecule has 1 aliphatic rings. The fourth-order valence-electron chi connectivity index (χ4n) is 3.23. The molecular weight excluding hydrogens is 458 g/mol. The van der Waals surface area contributed by atoms with Crippen LogP contribution in [0.4, 0.5) is 13.2 Å².